The summed E-state index contributed by atoms with van der Waals surface area (Å²) in [6.07, 6.45) is 0.172. The first-order valence-corrected chi connectivity index (χ1v) is 8.80. The molecule has 0 radical (unpaired) electrons. The molecule has 0 bridgehead atoms. The molecular formula is C20H20N4O4. The number of rotatable bonds is 5. The molecule has 8 nitrogen and oxygen atoms in total. The van der Waals surface area contributed by atoms with Crippen LogP contribution in [0.5, 0.6) is 0 Å². The molecule has 2 aromatic rings. The van der Waals surface area contributed by atoms with Crippen molar-refractivity contribution in [1.82, 2.24) is 10.6 Å². The molecule has 4 N–H and O–H groups in total. The number of carbonyl (C=O) groups is 4. The third kappa shape index (κ3) is 4.35. The van der Waals surface area contributed by atoms with E-state index in [1.165, 1.54) is 7.05 Å². The number of hydrogen-bond donors (Lipinski definition) is 4. The van der Waals surface area contributed by atoms with Gasteiger partial charge in [-0.15, -0.1) is 0 Å². The quantitative estimate of drug-likeness (QED) is 0.629. The van der Waals surface area contributed by atoms with Crippen molar-refractivity contribution in [1.29, 1.82) is 0 Å². The van der Waals surface area contributed by atoms with Crippen molar-refractivity contribution < 1.29 is 19.2 Å². The van der Waals surface area contributed by atoms with E-state index in [4.69, 9.17) is 0 Å². The lowest BCUT2D eigenvalue weighted by Crippen LogP contribution is -2.41. The third-order valence-corrected chi connectivity index (χ3v) is 4.35. The zero-order valence-corrected chi connectivity index (χ0v) is 15.2. The summed E-state index contributed by atoms with van der Waals surface area (Å²) in [5, 5.41) is 10.6. The minimum atomic E-state index is -0.817. The highest BCUT2D eigenvalue weighted by Crippen LogP contribution is 2.19. The van der Waals surface area contributed by atoms with Crippen LogP contribution in [0.25, 0.3) is 0 Å². The molecule has 0 aliphatic carbocycles. The predicted octanol–water partition coefficient (Wildman–Crippen LogP) is 1.52. The first-order valence-electron chi connectivity index (χ1n) is 8.80. The van der Waals surface area contributed by atoms with Gasteiger partial charge in [0.15, 0.2) is 0 Å². The highest BCUT2D eigenvalue weighted by molar-refractivity contribution is 6.10. The lowest BCUT2D eigenvalue weighted by atomic mass is 10.1. The van der Waals surface area contributed by atoms with Gasteiger partial charge in [-0.3, -0.25) is 19.2 Å². The topological polar surface area (TPSA) is 116 Å². The predicted molar refractivity (Wildman–Crippen MR) is 104 cm³/mol. The fourth-order valence-corrected chi connectivity index (χ4v) is 2.90. The van der Waals surface area contributed by atoms with Crippen molar-refractivity contribution >= 4 is 35.0 Å². The number of para-hydroxylation sites is 1. The lowest BCUT2D eigenvalue weighted by molar-refractivity contribution is -0.118. The molecular weight excluding hydrogens is 360 g/mol. The van der Waals surface area contributed by atoms with Crippen LogP contribution in [0.2, 0.25) is 0 Å². The van der Waals surface area contributed by atoms with Crippen molar-refractivity contribution in [3.8, 4) is 0 Å². The molecule has 0 saturated carbocycles. The van der Waals surface area contributed by atoms with Crippen LogP contribution in [0.3, 0.4) is 0 Å². The molecule has 1 aliphatic heterocycles. The van der Waals surface area contributed by atoms with E-state index in [0.717, 1.165) is 0 Å². The molecule has 8 heteroatoms. The van der Waals surface area contributed by atoms with Crippen molar-refractivity contribution in [2.45, 2.75) is 18.9 Å². The van der Waals surface area contributed by atoms with E-state index in [9.17, 15) is 19.2 Å². The van der Waals surface area contributed by atoms with Crippen LogP contribution in [0, 0.1) is 0 Å². The second-order valence-electron chi connectivity index (χ2n) is 6.31. The second kappa shape index (κ2) is 8.34. The Bertz CT molecular complexity index is 941. The minimum Gasteiger partial charge on any atom is -0.355 e. The van der Waals surface area contributed by atoms with Crippen molar-refractivity contribution in [2.24, 2.45) is 0 Å². The van der Waals surface area contributed by atoms with Gasteiger partial charge in [-0.05, 0) is 36.8 Å². The first-order chi connectivity index (χ1) is 13.5. The Hall–Kier alpha value is -3.68. The molecule has 0 saturated heterocycles. The van der Waals surface area contributed by atoms with E-state index < -0.39 is 6.04 Å². The third-order valence-electron chi connectivity index (χ3n) is 4.35. The van der Waals surface area contributed by atoms with Gasteiger partial charge in [-0.25, -0.2) is 0 Å². The van der Waals surface area contributed by atoms with Gasteiger partial charge in [-0.2, -0.15) is 0 Å². The van der Waals surface area contributed by atoms with E-state index in [0.29, 0.717) is 22.5 Å². The summed E-state index contributed by atoms with van der Waals surface area (Å²) in [6, 6.07) is 12.4. The molecule has 2 aromatic carbocycles. The maximum absolute atomic E-state index is 12.3. The molecule has 0 unspecified atom stereocenters. The largest absolute Gasteiger partial charge is 0.355 e. The zero-order chi connectivity index (χ0) is 20.1. The smallest absolute Gasteiger partial charge is 0.254 e. The summed E-state index contributed by atoms with van der Waals surface area (Å²) >= 11 is 0. The van der Waals surface area contributed by atoms with Gasteiger partial charge in [0.05, 0.1) is 11.3 Å². The molecule has 0 fully saturated rings. The summed E-state index contributed by atoms with van der Waals surface area (Å²) < 4.78 is 0. The fourth-order valence-electron chi connectivity index (χ4n) is 2.90. The summed E-state index contributed by atoms with van der Waals surface area (Å²) in [5.41, 5.74) is 1.73. The van der Waals surface area contributed by atoms with E-state index in [2.05, 4.69) is 21.3 Å². The number of amides is 4. The van der Waals surface area contributed by atoms with Crippen LogP contribution in [0.4, 0.5) is 11.4 Å². The van der Waals surface area contributed by atoms with E-state index in [1.54, 1.807) is 48.5 Å². The van der Waals surface area contributed by atoms with Crippen LogP contribution in [-0.2, 0) is 9.59 Å². The molecule has 1 aliphatic rings. The van der Waals surface area contributed by atoms with E-state index in [-0.39, 0.29) is 36.5 Å². The summed E-state index contributed by atoms with van der Waals surface area (Å²) in [4.78, 5) is 48.5. The number of nitrogens with one attached hydrogen (secondary N) is 4. The number of carbonyl (C=O) groups excluding carboxylic acids is 4. The standard InChI is InChI=1S/C20H20N4O4/c1-21-18(26)12-5-4-6-13(11-12)22-17(25)10-9-16-20(28)23-15-8-3-2-7-14(15)19(27)24-16/h2-8,11,16H,9-10H2,1H3,(H,21,26)(H,22,25)(H,23,28)(H,24,27)/t16-/m1/s1. The van der Waals surface area contributed by atoms with Crippen molar-refractivity contribution in [2.75, 3.05) is 17.7 Å². The Morgan fingerprint density at radius 3 is 2.64 bits per heavy atom. The second-order valence-corrected chi connectivity index (χ2v) is 6.31. The maximum atomic E-state index is 12.3. The summed E-state index contributed by atoms with van der Waals surface area (Å²) in [6.45, 7) is 0. The lowest BCUT2D eigenvalue weighted by Gasteiger charge is -2.14. The van der Waals surface area contributed by atoms with E-state index >= 15 is 0 Å². The van der Waals surface area contributed by atoms with Crippen LogP contribution in [-0.4, -0.2) is 36.7 Å². The Labute approximate surface area is 161 Å². The average Bonchev–Trinajstić information content (AvgIpc) is 2.82. The first kappa shape index (κ1) is 19.1. The minimum absolute atomic E-state index is 0.0267. The SMILES string of the molecule is CNC(=O)c1cccc(NC(=O)CC[C@H]2NC(=O)c3ccccc3NC2=O)c1. The van der Waals surface area contributed by atoms with Gasteiger partial charge in [0, 0.05) is 24.7 Å². The van der Waals surface area contributed by atoms with Crippen LogP contribution >= 0.6 is 0 Å². The maximum Gasteiger partial charge on any atom is 0.254 e. The highest BCUT2D eigenvalue weighted by Gasteiger charge is 2.27. The number of hydrogen-bond acceptors (Lipinski definition) is 4. The number of anilines is 2. The molecule has 3 rings (SSSR count). The highest BCUT2D eigenvalue weighted by atomic mass is 16.2. The van der Waals surface area contributed by atoms with Gasteiger partial charge in [0.1, 0.15) is 6.04 Å². The van der Waals surface area contributed by atoms with Gasteiger partial charge in [0.25, 0.3) is 11.8 Å². The zero-order valence-electron chi connectivity index (χ0n) is 15.2. The van der Waals surface area contributed by atoms with Gasteiger partial charge >= 0.3 is 0 Å². The molecule has 1 atom stereocenters. The van der Waals surface area contributed by atoms with Crippen molar-refractivity contribution in [3.63, 3.8) is 0 Å². The monoisotopic (exact) mass is 380 g/mol. The van der Waals surface area contributed by atoms with Crippen LogP contribution in [0.1, 0.15) is 33.6 Å². The molecule has 144 valence electrons. The molecule has 0 aromatic heterocycles. The van der Waals surface area contributed by atoms with Crippen LogP contribution < -0.4 is 21.3 Å². The Balaban J connectivity index is 1.60. The van der Waals surface area contributed by atoms with Crippen molar-refractivity contribution in [3.05, 3.63) is 59.7 Å². The molecule has 0 spiro atoms. The molecule has 28 heavy (non-hydrogen) atoms. The Morgan fingerprint density at radius 1 is 1.07 bits per heavy atom. The fraction of sp³-hybridized carbons (Fsp3) is 0.200. The molecule has 1 heterocycles. The van der Waals surface area contributed by atoms with Crippen LogP contribution in [0.15, 0.2) is 48.5 Å². The van der Waals surface area contributed by atoms with Gasteiger partial charge in [-0.1, -0.05) is 18.2 Å². The summed E-state index contributed by atoms with van der Waals surface area (Å²) in [7, 11) is 1.53. The number of benzene rings is 2. The van der Waals surface area contributed by atoms with E-state index in [1.807, 2.05) is 0 Å². The Morgan fingerprint density at radius 2 is 1.86 bits per heavy atom. The van der Waals surface area contributed by atoms with Gasteiger partial charge in [0.2, 0.25) is 11.8 Å². The van der Waals surface area contributed by atoms with Gasteiger partial charge < -0.3 is 21.3 Å². The molecule has 4 amide bonds. The summed E-state index contributed by atoms with van der Waals surface area (Å²) in [5.74, 6) is -1.31. The number of fused-ring (bicyclic) bond motifs is 1. The Kier molecular flexibility index (Phi) is 5.69. The average molecular weight is 380 g/mol. The normalized spacial score (nSPS) is 15.5.